The van der Waals surface area contributed by atoms with Crippen molar-refractivity contribution in [2.45, 2.75) is 134 Å². The molecule has 516 valence electrons. The third kappa shape index (κ3) is 14.8. The summed E-state index contributed by atoms with van der Waals surface area (Å²) in [6.45, 7) is 10.3. The van der Waals surface area contributed by atoms with Crippen molar-refractivity contribution >= 4 is 71.1 Å². The van der Waals surface area contributed by atoms with Gasteiger partial charge in [0, 0.05) is 68.2 Å². The van der Waals surface area contributed by atoms with E-state index >= 15 is 9.59 Å². The summed E-state index contributed by atoms with van der Waals surface area (Å²) in [4.78, 5) is 158. The summed E-state index contributed by atoms with van der Waals surface area (Å²) in [7, 11) is 0. The van der Waals surface area contributed by atoms with Crippen molar-refractivity contribution in [2.24, 2.45) is 16.7 Å². The Labute approximate surface area is 571 Å². The number of nitrogens with one attached hydrogen (secondary N) is 3. The minimum Gasteiger partial charge on any atom is -0.455 e. The largest absolute Gasteiger partial charge is 0.508 e. The van der Waals surface area contributed by atoms with Crippen LogP contribution in [0, 0.1) is 28.6 Å². The molecule has 24 heteroatoms. The molecule has 10 rings (SSSR count). The first-order chi connectivity index (χ1) is 47.3. The number of ether oxygens (including phenoxy) is 8. The first-order valence-corrected chi connectivity index (χ1v) is 32.3. The predicted molar refractivity (Wildman–Crippen MR) is 352 cm³/mol. The number of aliphatic hydroxyl groups is 1. The maximum atomic E-state index is 16.4. The molecule has 4 amide bonds. The van der Waals surface area contributed by atoms with Crippen molar-refractivity contribution in [3.8, 4) is 11.8 Å². The summed E-state index contributed by atoms with van der Waals surface area (Å²) < 4.78 is 48.7. The fraction of sp³-hybridized carbons (Fsp3) is 0.373. The van der Waals surface area contributed by atoms with E-state index in [4.69, 9.17) is 37.9 Å². The van der Waals surface area contributed by atoms with Gasteiger partial charge in [0.2, 0.25) is 23.8 Å². The van der Waals surface area contributed by atoms with Crippen molar-refractivity contribution in [3.63, 3.8) is 0 Å². The number of amides is 4. The molecule has 99 heavy (non-hydrogen) atoms. The molecule has 0 spiro atoms. The van der Waals surface area contributed by atoms with Crippen molar-refractivity contribution in [3.05, 3.63) is 197 Å². The van der Waals surface area contributed by atoms with Crippen LogP contribution >= 0.6 is 0 Å². The van der Waals surface area contributed by atoms with Crippen LogP contribution in [-0.2, 0) is 82.8 Å². The number of benzene rings is 5. The van der Waals surface area contributed by atoms with Crippen LogP contribution in [-0.4, -0.2) is 145 Å². The van der Waals surface area contributed by atoms with E-state index in [1.54, 1.807) is 71.6 Å². The fourth-order valence-electron chi connectivity index (χ4n) is 14.1. The van der Waals surface area contributed by atoms with Gasteiger partial charge in [0.15, 0.2) is 17.5 Å². The highest BCUT2D eigenvalue weighted by Crippen LogP contribution is 2.65. The Morgan fingerprint density at radius 1 is 0.737 bits per heavy atom. The van der Waals surface area contributed by atoms with E-state index in [0.29, 0.717) is 11.3 Å². The van der Waals surface area contributed by atoms with E-state index in [1.165, 1.54) is 70.2 Å². The van der Waals surface area contributed by atoms with Crippen molar-refractivity contribution < 1.29 is 95.7 Å². The number of ketones is 1. The molecule has 1 unspecified atom stereocenters. The van der Waals surface area contributed by atoms with Crippen LogP contribution in [0.4, 0.5) is 10.5 Å². The average molecular weight is 1350 g/mol. The van der Waals surface area contributed by atoms with Crippen molar-refractivity contribution in [1.29, 1.82) is 0 Å². The zero-order chi connectivity index (χ0) is 71.0. The Bertz CT molecular complexity index is 4090. The molecule has 24 nitrogen and oxygen atoms in total. The minimum absolute atomic E-state index is 0.00744. The van der Waals surface area contributed by atoms with E-state index in [0.717, 1.165) is 25.0 Å². The SMILES string of the molecule is C=CCOC(=O)O[C@H]1C[C@H]2OC[C@@]2(OC(C)=O)[C@H]2[C@H](OC(=O)c3ccccc3)[C@]3(O)C[C@H](OC(=O)[C@H](OC(=O)CCC(=O)NCC(=O)NCCC(=O)N4Cc5ccccc5C#Cc5ccccc54)C(NC(=O)c4ccccc4)c4ccccc4)C(C)=C([C@@H](OC(C)=O)C(=O)[C@]12C)C3(C)C. The summed E-state index contributed by atoms with van der Waals surface area (Å²) in [6.07, 6.45) is -13.3. The van der Waals surface area contributed by atoms with Crippen LogP contribution in [0.2, 0.25) is 0 Å². The topological polar surface area (TPSA) is 321 Å². The summed E-state index contributed by atoms with van der Waals surface area (Å²) in [5, 5.41) is 22.2. The van der Waals surface area contributed by atoms with Gasteiger partial charge in [-0.05, 0) is 78.6 Å². The van der Waals surface area contributed by atoms with Crippen LogP contribution in [0.3, 0.4) is 0 Å². The van der Waals surface area contributed by atoms with Crippen LogP contribution < -0.4 is 20.9 Å². The highest BCUT2D eigenvalue weighted by Gasteiger charge is 2.79. The van der Waals surface area contributed by atoms with Gasteiger partial charge in [0.05, 0.1) is 48.7 Å². The summed E-state index contributed by atoms with van der Waals surface area (Å²) in [5.41, 5.74) is -5.76. The molecule has 11 atom stereocenters. The number of para-hydroxylation sites is 1. The van der Waals surface area contributed by atoms with E-state index in [1.807, 2.05) is 36.4 Å². The number of carbonyl (C=O) groups excluding carboxylic acids is 11. The zero-order valence-electron chi connectivity index (χ0n) is 55.4. The lowest BCUT2D eigenvalue weighted by molar-refractivity contribution is -0.346. The number of fused-ring (bicyclic) bond motifs is 7. The van der Waals surface area contributed by atoms with Crippen molar-refractivity contribution in [1.82, 2.24) is 16.0 Å². The number of carbonyl (C=O) groups is 11. The highest BCUT2D eigenvalue weighted by molar-refractivity contribution is 5.98. The molecular formula is C75H76N4O20. The Hall–Kier alpha value is -10.8. The Balaban J connectivity index is 0.957. The third-order valence-electron chi connectivity index (χ3n) is 19.1. The number of Topliss-reactive ketones (excluding diaryl/α,β-unsaturated/α-hetero) is 1. The molecule has 3 aliphatic carbocycles. The van der Waals surface area contributed by atoms with Crippen LogP contribution in [0.15, 0.2) is 163 Å². The molecule has 2 heterocycles. The molecule has 5 aromatic carbocycles. The Morgan fingerprint density at radius 3 is 2.03 bits per heavy atom. The number of rotatable bonds is 22. The molecule has 2 bridgehead atoms. The second-order valence-corrected chi connectivity index (χ2v) is 25.5. The lowest BCUT2D eigenvalue weighted by Gasteiger charge is -2.67. The third-order valence-corrected chi connectivity index (χ3v) is 19.1. The molecule has 3 fully saturated rings. The summed E-state index contributed by atoms with van der Waals surface area (Å²) in [5.74, 6) is -4.42. The maximum Gasteiger partial charge on any atom is 0.508 e. The lowest BCUT2D eigenvalue weighted by atomic mass is 9.44. The summed E-state index contributed by atoms with van der Waals surface area (Å²) >= 11 is 0. The molecule has 2 saturated carbocycles. The molecule has 4 N–H and O–H groups in total. The highest BCUT2D eigenvalue weighted by atomic mass is 16.7. The normalized spacial score (nSPS) is 24.3. The van der Waals surface area contributed by atoms with E-state index in [2.05, 4.69) is 34.4 Å². The van der Waals surface area contributed by atoms with Gasteiger partial charge in [-0.1, -0.05) is 135 Å². The second kappa shape index (κ2) is 29.9. The van der Waals surface area contributed by atoms with Gasteiger partial charge in [0.1, 0.15) is 42.7 Å². The molecule has 5 aliphatic rings. The Kier molecular flexibility index (Phi) is 21.5. The zero-order valence-corrected chi connectivity index (χ0v) is 55.4. The van der Waals surface area contributed by atoms with Crippen molar-refractivity contribution in [2.75, 3.05) is 31.2 Å². The second-order valence-electron chi connectivity index (χ2n) is 25.5. The first kappa shape index (κ1) is 71.0. The van der Waals surface area contributed by atoms with Gasteiger partial charge in [-0.3, -0.25) is 38.4 Å². The molecule has 0 radical (unpaired) electrons. The van der Waals surface area contributed by atoms with E-state index in [-0.39, 0.29) is 66.3 Å². The van der Waals surface area contributed by atoms with E-state index < -0.39 is 163 Å². The number of esters is 5. The maximum absolute atomic E-state index is 16.4. The van der Waals surface area contributed by atoms with Crippen LogP contribution in [0.5, 0.6) is 0 Å². The van der Waals surface area contributed by atoms with Gasteiger partial charge in [-0.2, -0.15) is 0 Å². The van der Waals surface area contributed by atoms with Gasteiger partial charge < -0.3 is 63.9 Å². The van der Waals surface area contributed by atoms with Gasteiger partial charge >= 0.3 is 36.0 Å². The molecule has 1 saturated heterocycles. The number of nitrogens with zero attached hydrogens (tertiary/aromatic N) is 1. The predicted octanol–water partition coefficient (Wildman–Crippen LogP) is 6.98. The molecule has 5 aromatic rings. The van der Waals surface area contributed by atoms with E-state index in [9.17, 15) is 48.3 Å². The standard InChI is InChI=1S/C75H76N4O20/c1-8-38-92-71(90)96-55-39-56-74(43-93-56,99-46(4)81)65-67(98-69(88)51-28-16-11-17-29-51)75(91)40-54(44(2)61(72(75,5)6)63(94-45(3)80)66(86)73(55,65)7)95-70(89)64(62(49-24-12-9-13-25-49)78-68(87)50-26-14-10-15-27-50)97-60(85)35-34-57(82)77-41-58(83)76-37-36-59(84)79-42-52-30-19-18-22-47(52)32-33-48-23-20-21-31-53(48)79/h8-31,54-56,62-65,67,91H,1,34-43H2,2-7H3,(H,76,83)(H,77,82)(H,78,87)/t54-,55-,56+,62?,63+,64+,65-,67-,73+,74-,75+/m0/s1. The first-order valence-electron chi connectivity index (χ1n) is 32.3. The summed E-state index contributed by atoms with van der Waals surface area (Å²) in [6, 6.07) is 36.5. The number of anilines is 1. The van der Waals surface area contributed by atoms with Crippen LogP contribution in [0.25, 0.3) is 0 Å². The van der Waals surface area contributed by atoms with Gasteiger partial charge in [0.25, 0.3) is 5.91 Å². The fourth-order valence-corrected chi connectivity index (χ4v) is 14.1. The Morgan fingerprint density at radius 2 is 1.37 bits per heavy atom. The quantitative estimate of drug-likeness (QED) is 0.0235. The minimum atomic E-state index is -2.64. The lowest BCUT2D eigenvalue weighted by Crippen LogP contribution is -2.82. The smallest absolute Gasteiger partial charge is 0.455 e. The van der Waals surface area contributed by atoms with Gasteiger partial charge in [-0.15, -0.1) is 0 Å². The average Bonchev–Trinajstić information content (AvgIpc) is 0.668. The molecular weight excluding hydrogens is 1280 g/mol. The molecule has 0 aromatic heterocycles. The number of hydrogen-bond acceptors (Lipinski definition) is 20. The molecule has 2 aliphatic heterocycles. The van der Waals surface area contributed by atoms with Gasteiger partial charge in [-0.25, -0.2) is 14.4 Å². The monoisotopic (exact) mass is 1350 g/mol. The van der Waals surface area contributed by atoms with Crippen LogP contribution in [0.1, 0.15) is 123 Å². The number of hydrogen-bond donors (Lipinski definition) is 4.